The van der Waals surface area contributed by atoms with Crippen LogP contribution in [0, 0.1) is 17.0 Å². The van der Waals surface area contributed by atoms with Gasteiger partial charge in [-0.2, -0.15) is 0 Å². The predicted octanol–water partition coefficient (Wildman–Crippen LogP) is 2.56. The van der Waals surface area contributed by atoms with Gasteiger partial charge < -0.3 is 15.2 Å². The van der Waals surface area contributed by atoms with Gasteiger partial charge in [-0.05, 0) is 19.1 Å². The second-order valence-corrected chi connectivity index (χ2v) is 4.49. The van der Waals surface area contributed by atoms with Crippen molar-refractivity contribution in [2.24, 2.45) is 0 Å². The van der Waals surface area contributed by atoms with Gasteiger partial charge in [0, 0.05) is 24.1 Å². The first kappa shape index (κ1) is 14.4. The molecule has 3 rings (SSSR count). The van der Waals surface area contributed by atoms with Crippen LogP contribution in [-0.2, 0) is 0 Å². The lowest BCUT2D eigenvalue weighted by Crippen LogP contribution is -2.05. The standard InChI is InChI=1S/C13H11N7O3/c1-8-6-10(19-23-8)18-13-11(20(21)22)12(15-7-16-13)17-9-2-4-14-5-3-9/h2-7H,1H3,(H2,14,15,16,17,18,19). The van der Waals surface area contributed by atoms with E-state index >= 15 is 0 Å². The quantitative estimate of drug-likeness (QED) is 0.538. The van der Waals surface area contributed by atoms with Gasteiger partial charge in [0.1, 0.15) is 12.1 Å². The second-order valence-electron chi connectivity index (χ2n) is 4.49. The first-order valence-corrected chi connectivity index (χ1v) is 6.50. The van der Waals surface area contributed by atoms with Crippen molar-refractivity contribution in [2.75, 3.05) is 10.6 Å². The zero-order valence-corrected chi connectivity index (χ0v) is 11.9. The van der Waals surface area contributed by atoms with Crippen LogP contribution in [0.1, 0.15) is 5.76 Å². The molecule has 0 aliphatic carbocycles. The van der Waals surface area contributed by atoms with Gasteiger partial charge in [-0.3, -0.25) is 15.1 Å². The fourth-order valence-corrected chi connectivity index (χ4v) is 1.85. The Hall–Kier alpha value is -3.56. The highest BCUT2D eigenvalue weighted by Gasteiger charge is 2.24. The highest BCUT2D eigenvalue weighted by Crippen LogP contribution is 2.32. The Bertz CT molecular complexity index is 835. The van der Waals surface area contributed by atoms with Gasteiger partial charge in [0.25, 0.3) is 0 Å². The van der Waals surface area contributed by atoms with Crippen molar-refractivity contribution >= 4 is 28.8 Å². The van der Waals surface area contributed by atoms with Gasteiger partial charge in [0.05, 0.1) is 4.92 Å². The number of aryl methyl sites for hydroxylation is 1. The monoisotopic (exact) mass is 313 g/mol. The van der Waals surface area contributed by atoms with Crippen LogP contribution < -0.4 is 10.6 Å². The topological polar surface area (TPSA) is 132 Å². The van der Waals surface area contributed by atoms with Crippen molar-refractivity contribution in [3.8, 4) is 0 Å². The van der Waals surface area contributed by atoms with E-state index in [0.717, 1.165) is 0 Å². The molecule has 3 aromatic rings. The minimum Gasteiger partial charge on any atom is -0.360 e. The van der Waals surface area contributed by atoms with Gasteiger partial charge >= 0.3 is 5.69 Å². The molecular formula is C13H11N7O3. The molecule has 0 unspecified atom stereocenters. The summed E-state index contributed by atoms with van der Waals surface area (Å²) in [6.07, 6.45) is 4.34. The van der Waals surface area contributed by atoms with Crippen LogP contribution in [0.4, 0.5) is 28.8 Å². The molecule has 0 amide bonds. The fraction of sp³-hybridized carbons (Fsp3) is 0.0769. The summed E-state index contributed by atoms with van der Waals surface area (Å²) in [6, 6.07) is 4.93. The lowest BCUT2D eigenvalue weighted by molar-refractivity contribution is -0.383. The Labute approximate surface area is 129 Å². The third kappa shape index (κ3) is 3.20. The molecule has 3 heterocycles. The Kier molecular flexibility index (Phi) is 3.78. The number of nitro groups is 1. The molecule has 116 valence electrons. The number of pyridine rings is 1. The maximum atomic E-state index is 11.4. The van der Waals surface area contributed by atoms with Crippen molar-refractivity contribution < 1.29 is 9.45 Å². The van der Waals surface area contributed by atoms with E-state index in [-0.39, 0.29) is 17.3 Å². The molecule has 0 fully saturated rings. The average molecular weight is 313 g/mol. The lowest BCUT2D eigenvalue weighted by Gasteiger charge is -2.08. The maximum Gasteiger partial charge on any atom is 0.353 e. The minimum absolute atomic E-state index is 0.00913. The molecule has 10 nitrogen and oxygen atoms in total. The number of hydrogen-bond acceptors (Lipinski definition) is 9. The number of rotatable bonds is 5. The average Bonchev–Trinajstić information content (AvgIpc) is 2.93. The number of nitrogens with zero attached hydrogens (tertiary/aromatic N) is 5. The summed E-state index contributed by atoms with van der Waals surface area (Å²) in [5, 5.41) is 20.8. The first-order chi connectivity index (χ1) is 11.1. The summed E-state index contributed by atoms with van der Waals surface area (Å²) in [6.45, 7) is 1.71. The summed E-state index contributed by atoms with van der Waals surface area (Å²) in [7, 11) is 0. The van der Waals surface area contributed by atoms with Crippen molar-refractivity contribution in [2.45, 2.75) is 6.92 Å². The summed E-state index contributed by atoms with van der Waals surface area (Å²) in [5.74, 6) is 0.951. The largest absolute Gasteiger partial charge is 0.360 e. The van der Waals surface area contributed by atoms with Crippen LogP contribution in [0.5, 0.6) is 0 Å². The van der Waals surface area contributed by atoms with Crippen molar-refractivity contribution in [1.82, 2.24) is 20.1 Å². The van der Waals surface area contributed by atoms with E-state index in [2.05, 4.69) is 30.7 Å². The molecule has 0 spiro atoms. The number of anilines is 4. The zero-order chi connectivity index (χ0) is 16.2. The molecule has 0 radical (unpaired) electrons. The Balaban J connectivity index is 1.97. The highest BCUT2D eigenvalue weighted by atomic mass is 16.6. The third-order valence-corrected chi connectivity index (χ3v) is 2.82. The van der Waals surface area contributed by atoms with E-state index in [1.54, 1.807) is 37.5 Å². The van der Waals surface area contributed by atoms with E-state index in [9.17, 15) is 10.1 Å². The van der Waals surface area contributed by atoms with Crippen LogP contribution in [0.15, 0.2) is 41.4 Å². The van der Waals surface area contributed by atoms with Crippen molar-refractivity contribution in [1.29, 1.82) is 0 Å². The molecule has 2 N–H and O–H groups in total. The van der Waals surface area contributed by atoms with Crippen LogP contribution in [-0.4, -0.2) is 25.0 Å². The first-order valence-electron chi connectivity index (χ1n) is 6.50. The zero-order valence-electron chi connectivity index (χ0n) is 11.9. The van der Waals surface area contributed by atoms with Crippen LogP contribution in [0.25, 0.3) is 0 Å². The molecular weight excluding hydrogens is 302 g/mol. The SMILES string of the molecule is Cc1cc(Nc2ncnc(Nc3ccncc3)c2[N+](=O)[O-])no1. The molecule has 0 aliphatic rings. The smallest absolute Gasteiger partial charge is 0.353 e. The van der Waals surface area contributed by atoms with Gasteiger partial charge in [0.2, 0.25) is 11.6 Å². The Morgan fingerprint density at radius 2 is 1.87 bits per heavy atom. The summed E-state index contributed by atoms with van der Waals surface area (Å²) in [5.41, 5.74) is 0.315. The Morgan fingerprint density at radius 3 is 2.48 bits per heavy atom. The van der Waals surface area contributed by atoms with Crippen molar-refractivity contribution in [3.63, 3.8) is 0 Å². The lowest BCUT2D eigenvalue weighted by atomic mass is 10.3. The summed E-state index contributed by atoms with van der Waals surface area (Å²) in [4.78, 5) is 22.6. The predicted molar refractivity (Wildman–Crippen MR) is 80.7 cm³/mol. The van der Waals surface area contributed by atoms with Crippen LogP contribution >= 0.6 is 0 Å². The number of hydrogen-bond donors (Lipinski definition) is 2. The maximum absolute atomic E-state index is 11.4. The molecule has 0 bridgehead atoms. The van der Waals surface area contributed by atoms with E-state index < -0.39 is 4.92 Å². The van der Waals surface area contributed by atoms with Crippen LogP contribution in [0.2, 0.25) is 0 Å². The second kappa shape index (κ2) is 6.05. The van der Waals surface area contributed by atoms with Gasteiger partial charge in [-0.1, -0.05) is 5.16 Å². The number of nitrogens with one attached hydrogen (secondary N) is 2. The highest BCUT2D eigenvalue weighted by molar-refractivity contribution is 5.75. The number of aromatic nitrogens is 4. The van der Waals surface area contributed by atoms with Gasteiger partial charge in [-0.25, -0.2) is 9.97 Å². The minimum atomic E-state index is -0.571. The van der Waals surface area contributed by atoms with Crippen LogP contribution in [0.3, 0.4) is 0 Å². The summed E-state index contributed by atoms with van der Waals surface area (Å²) >= 11 is 0. The molecule has 0 aliphatic heterocycles. The molecule has 0 atom stereocenters. The molecule has 0 saturated carbocycles. The van der Waals surface area contributed by atoms with Gasteiger partial charge in [-0.15, -0.1) is 0 Å². The molecule has 10 heteroatoms. The molecule has 23 heavy (non-hydrogen) atoms. The van der Waals surface area contributed by atoms with E-state index in [1.807, 2.05) is 0 Å². The Morgan fingerprint density at radius 1 is 1.17 bits per heavy atom. The van der Waals surface area contributed by atoms with E-state index in [0.29, 0.717) is 17.3 Å². The van der Waals surface area contributed by atoms with Crippen molar-refractivity contribution in [3.05, 3.63) is 52.8 Å². The summed E-state index contributed by atoms with van der Waals surface area (Å²) < 4.78 is 4.91. The fourth-order valence-electron chi connectivity index (χ4n) is 1.85. The molecule has 0 aromatic carbocycles. The molecule has 3 aromatic heterocycles. The normalized spacial score (nSPS) is 10.3. The molecule has 0 saturated heterocycles. The third-order valence-electron chi connectivity index (χ3n) is 2.82. The van der Waals surface area contributed by atoms with E-state index in [1.165, 1.54) is 6.33 Å². The van der Waals surface area contributed by atoms with E-state index in [4.69, 9.17) is 4.52 Å². The van der Waals surface area contributed by atoms with Gasteiger partial charge in [0.15, 0.2) is 5.82 Å².